The van der Waals surface area contributed by atoms with Gasteiger partial charge in [0.05, 0.1) is 21.3 Å². The summed E-state index contributed by atoms with van der Waals surface area (Å²) in [4.78, 5) is 20.8. The monoisotopic (exact) mass is 363 g/mol. The minimum Gasteiger partial charge on any atom is -0.345 e. The van der Waals surface area contributed by atoms with Gasteiger partial charge in [-0.05, 0) is 6.07 Å². The average molecular weight is 363 g/mol. The third-order valence-corrected chi connectivity index (χ3v) is 3.65. The predicted octanol–water partition coefficient (Wildman–Crippen LogP) is 4.82. The highest BCUT2D eigenvalue weighted by molar-refractivity contribution is 6.05. The molecule has 0 amide bonds. The van der Waals surface area contributed by atoms with Gasteiger partial charge in [0.15, 0.2) is 11.6 Å². The van der Waals surface area contributed by atoms with Crippen molar-refractivity contribution in [3.63, 3.8) is 0 Å². The number of benzene rings is 3. The lowest BCUT2D eigenvalue weighted by Gasteiger charge is -2.12. The Morgan fingerprint density at radius 2 is 1.31 bits per heavy atom. The fraction of sp³-hybridized carbons (Fsp3) is 0. The molecule has 0 saturated heterocycles. The van der Waals surface area contributed by atoms with Crippen LogP contribution in [-0.2, 0) is 0 Å². The van der Waals surface area contributed by atoms with E-state index >= 15 is 0 Å². The summed E-state index contributed by atoms with van der Waals surface area (Å²) >= 11 is 0. The fourth-order valence-corrected chi connectivity index (χ4v) is 2.55. The van der Waals surface area contributed by atoms with E-state index in [4.69, 9.17) is 0 Å². The lowest BCUT2D eigenvalue weighted by molar-refractivity contribution is -0.392. The Bertz CT molecular complexity index is 1050. The van der Waals surface area contributed by atoms with Crippen LogP contribution in [-0.4, -0.2) is 9.85 Å². The van der Waals surface area contributed by atoms with E-state index in [-0.39, 0.29) is 16.5 Å². The molecule has 7 nitrogen and oxygen atoms in total. The second kappa shape index (κ2) is 6.31. The zero-order valence-electron chi connectivity index (χ0n) is 12.7. The lowest BCUT2D eigenvalue weighted by Crippen LogP contribution is -2.04. The summed E-state index contributed by atoms with van der Waals surface area (Å²) < 4.78 is 40.9. The topological polar surface area (TPSA) is 98.3 Å². The molecule has 1 N–H and O–H groups in total. The van der Waals surface area contributed by atoms with Crippen LogP contribution in [0.15, 0.2) is 42.5 Å². The van der Waals surface area contributed by atoms with Crippen LogP contribution in [0.1, 0.15) is 0 Å². The molecule has 0 unspecified atom stereocenters. The van der Waals surface area contributed by atoms with Crippen molar-refractivity contribution in [3.8, 4) is 0 Å². The molecule has 10 heteroatoms. The number of non-ortho nitro benzene ring substituents is 1. The third kappa shape index (κ3) is 2.88. The second-order valence-corrected chi connectivity index (χ2v) is 5.22. The van der Waals surface area contributed by atoms with Crippen molar-refractivity contribution in [2.24, 2.45) is 0 Å². The van der Waals surface area contributed by atoms with Crippen LogP contribution in [0.25, 0.3) is 10.8 Å². The van der Waals surface area contributed by atoms with E-state index in [1.165, 1.54) is 24.3 Å². The van der Waals surface area contributed by atoms with Gasteiger partial charge in [-0.15, -0.1) is 0 Å². The van der Waals surface area contributed by atoms with Gasteiger partial charge < -0.3 is 5.32 Å². The SMILES string of the molecule is O=[N+]([O-])c1cc([N+](=O)[O-])c2ccccc2c1Nc1c(F)cc(F)cc1F. The largest absolute Gasteiger partial charge is 0.345 e. The van der Waals surface area contributed by atoms with Crippen LogP contribution in [0.5, 0.6) is 0 Å². The van der Waals surface area contributed by atoms with E-state index < -0.39 is 44.4 Å². The molecule has 0 aliphatic carbocycles. The van der Waals surface area contributed by atoms with Gasteiger partial charge in [0.1, 0.15) is 17.2 Å². The second-order valence-electron chi connectivity index (χ2n) is 5.22. The van der Waals surface area contributed by atoms with Crippen molar-refractivity contribution < 1.29 is 23.0 Å². The number of hydrogen-bond donors (Lipinski definition) is 1. The first-order valence-electron chi connectivity index (χ1n) is 7.05. The minimum atomic E-state index is -1.31. The van der Waals surface area contributed by atoms with Crippen molar-refractivity contribution in [1.29, 1.82) is 0 Å². The molecule has 0 atom stereocenters. The van der Waals surface area contributed by atoms with E-state index in [0.717, 1.165) is 0 Å². The van der Waals surface area contributed by atoms with Gasteiger partial charge in [0, 0.05) is 17.5 Å². The maximum absolute atomic E-state index is 13.9. The van der Waals surface area contributed by atoms with Gasteiger partial charge in [0.2, 0.25) is 0 Å². The van der Waals surface area contributed by atoms with Crippen LogP contribution in [0.3, 0.4) is 0 Å². The van der Waals surface area contributed by atoms with Crippen LogP contribution in [0.2, 0.25) is 0 Å². The predicted molar refractivity (Wildman–Crippen MR) is 86.9 cm³/mol. The standard InChI is InChI=1S/C16H8F3N3O4/c17-8-5-11(18)16(12(19)6-8)20-15-10-4-2-1-3-9(10)13(21(23)24)7-14(15)22(25)26/h1-7,20H. The summed E-state index contributed by atoms with van der Waals surface area (Å²) in [5, 5.41) is 24.8. The molecule has 3 aromatic rings. The zero-order chi connectivity index (χ0) is 19.0. The van der Waals surface area contributed by atoms with Gasteiger partial charge in [0.25, 0.3) is 11.4 Å². The minimum absolute atomic E-state index is 0.0107. The van der Waals surface area contributed by atoms with Gasteiger partial charge in [-0.25, -0.2) is 13.2 Å². The average Bonchev–Trinajstić information content (AvgIpc) is 2.57. The first-order chi connectivity index (χ1) is 12.3. The first kappa shape index (κ1) is 17.1. The van der Waals surface area contributed by atoms with E-state index in [2.05, 4.69) is 5.32 Å². The Morgan fingerprint density at radius 1 is 0.769 bits per heavy atom. The summed E-state index contributed by atoms with van der Waals surface area (Å²) in [7, 11) is 0. The molecule has 3 aromatic carbocycles. The number of rotatable bonds is 4. The highest BCUT2D eigenvalue weighted by Gasteiger charge is 2.27. The number of hydrogen-bond acceptors (Lipinski definition) is 5. The van der Waals surface area contributed by atoms with Crippen LogP contribution >= 0.6 is 0 Å². The van der Waals surface area contributed by atoms with Crippen molar-refractivity contribution in [2.45, 2.75) is 0 Å². The van der Waals surface area contributed by atoms with Crippen LogP contribution in [0, 0.1) is 37.7 Å². The number of nitrogens with zero attached hydrogens (tertiary/aromatic N) is 2. The summed E-state index contributed by atoms with van der Waals surface area (Å²) in [5.41, 5.74) is -2.44. The van der Waals surface area contributed by atoms with Gasteiger partial charge in [-0.3, -0.25) is 20.2 Å². The summed E-state index contributed by atoms with van der Waals surface area (Å²) in [6.07, 6.45) is 0. The molecule has 0 radical (unpaired) electrons. The van der Waals surface area contributed by atoms with Crippen LogP contribution in [0.4, 0.5) is 35.9 Å². The molecule has 0 aromatic heterocycles. The molecule has 0 bridgehead atoms. The summed E-state index contributed by atoms with van der Waals surface area (Å²) in [6, 6.07) is 7.12. The normalized spacial score (nSPS) is 10.7. The number of anilines is 2. The highest BCUT2D eigenvalue weighted by atomic mass is 19.1. The Morgan fingerprint density at radius 3 is 1.85 bits per heavy atom. The zero-order valence-corrected chi connectivity index (χ0v) is 12.7. The van der Waals surface area contributed by atoms with Crippen molar-refractivity contribution in [1.82, 2.24) is 0 Å². The number of nitro benzene ring substituents is 2. The van der Waals surface area contributed by atoms with Crippen LogP contribution < -0.4 is 5.32 Å². The molecule has 0 heterocycles. The van der Waals surface area contributed by atoms with Crippen molar-refractivity contribution in [3.05, 3.63) is 80.1 Å². The number of nitrogens with one attached hydrogen (secondary N) is 1. The molecule has 26 heavy (non-hydrogen) atoms. The van der Waals surface area contributed by atoms with Crippen molar-refractivity contribution >= 4 is 33.5 Å². The van der Waals surface area contributed by atoms with Gasteiger partial charge in [-0.2, -0.15) is 0 Å². The Labute approximate surface area is 143 Å². The Balaban J connectivity index is 2.32. The molecule has 0 aliphatic heterocycles. The maximum atomic E-state index is 13.9. The Hall–Kier alpha value is -3.69. The molecule has 132 valence electrons. The van der Waals surface area contributed by atoms with Gasteiger partial charge >= 0.3 is 0 Å². The number of halogens is 3. The van der Waals surface area contributed by atoms with E-state index in [1.54, 1.807) is 0 Å². The molecule has 0 fully saturated rings. The summed E-state index contributed by atoms with van der Waals surface area (Å²) in [5.74, 6) is -3.77. The van der Waals surface area contributed by atoms with E-state index in [1.807, 2.05) is 0 Å². The van der Waals surface area contributed by atoms with Gasteiger partial charge in [-0.1, -0.05) is 18.2 Å². The lowest BCUT2D eigenvalue weighted by atomic mass is 10.0. The summed E-state index contributed by atoms with van der Waals surface area (Å²) in [6.45, 7) is 0. The molecule has 0 spiro atoms. The maximum Gasteiger partial charge on any atom is 0.300 e. The Kier molecular flexibility index (Phi) is 4.16. The molecule has 0 saturated carbocycles. The molecular formula is C16H8F3N3O4. The quantitative estimate of drug-likeness (QED) is 0.529. The number of fused-ring (bicyclic) bond motifs is 1. The third-order valence-electron chi connectivity index (χ3n) is 3.65. The molecule has 0 aliphatic rings. The molecule has 3 rings (SSSR count). The smallest absolute Gasteiger partial charge is 0.300 e. The van der Waals surface area contributed by atoms with E-state index in [0.29, 0.717) is 18.2 Å². The fourth-order valence-electron chi connectivity index (χ4n) is 2.55. The van der Waals surface area contributed by atoms with Crippen molar-refractivity contribution in [2.75, 3.05) is 5.32 Å². The molecular weight excluding hydrogens is 355 g/mol. The highest BCUT2D eigenvalue weighted by Crippen LogP contribution is 2.41. The first-order valence-corrected chi connectivity index (χ1v) is 7.05. The number of nitro groups is 2. The van der Waals surface area contributed by atoms with E-state index in [9.17, 15) is 33.4 Å².